The number of halogens is 1. The van der Waals surface area contributed by atoms with Gasteiger partial charge in [-0.05, 0) is 45.6 Å². The van der Waals surface area contributed by atoms with Crippen molar-refractivity contribution in [2.75, 3.05) is 18.5 Å². The third-order valence-corrected chi connectivity index (χ3v) is 3.84. The van der Waals surface area contributed by atoms with Gasteiger partial charge in [0.25, 0.3) is 0 Å². The Labute approximate surface area is 121 Å². The maximum atomic E-state index is 13.5. The molecule has 3 nitrogen and oxygen atoms in total. The van der Waals surface area contributed by atoms with E-state index < -0.39 is 0 Å². The molecule has 0 aliphatic heterocycles. The molecule has 20 heavy (non-hydrogen) atoms. The van der Waals surface area contributed by atoms with E-state index in [0.29, 0.717) is 6.54 Å². The van der Waals surface area contributed by atoms with Gasteiger partial charge in [-0.25, -0.2) is 9.37 Å². The van der Waals surface area contributed by atoms with Gasteiger partial charge in [0, 0.05) is 31.2 Å². The van der Waals surface area contributed by atoms with Crippen LogP contribution in [0.1, 0.15) is 45.6 Å². The highest BCUT2D eigenvalue weighted by molar-refractivity contribution is 5.46. The maximum Gasteiger partial charge on any atom is 0.141 e. The van der Waals surface area contributed by atoms with Gasteiger partial charge in [0.2, 0.25) is 0 Å². The Morgan fingerprint density at radius 1 is 1.40 bits per heavy atom. The summed E-state index contributed by atoms with van der Waals surface area (Å²) in [6, 6.07) is 1.60. The molecule has 0 spiro atoms. The summed E-state index contributed by atoms with van der Waals surface area (Å²) >= 11 is 0. The number of nitrogens with one attached hydrogen (secondary N) is 1. The van der Waals surface area contributed by atoms with Crippen LogP contribution in [-0.2, 0) is 6.54 Å². The lowest BCUT2D eigenvalue weighted by molar-refractivity contribution is 0.320. The van der Waals surface area contributed by atoms with Crippen LogP contribution in [0.5, 0.6) is 0 Å². The lowest BCUT2D eigenvalue weighted by atomic mass is 9.85. The highest BCUT2D eigenvalue weighted by atomic mass is 19.1. The third-order valence-electron chi connectivity index (χ3n) is 3.84. The van der Waals surface area contributed by atoms with Crippen molar-refractivity contribution < 1.29 is 4.39 Å². The normalized spacial score (nSPS) is 16.1. The van der Waals surface area contributed by atoms with Gasteiger partial charge in [0.05, 0.1) is 6.20 Å². The quantitative estimate of drug-likeness (QED) is 0.896. The minimum Gasteiger partial charge on any atom is -0.359 e. The van der Waals surface area contributed by atoms with E-state index in [0.717, 1.165) is 23.8 Å². The lowest BCUT2D eigenvalue weighted by Gasteiger charge is -2.32. The van der Waals surface area contributed by atoms with E-state index in [1.807, 2.05) is 0 Å². The molecule has 1 aliphatic carbocycles. The number of hydrogen-bond donors (Lipinski definition) is 1. The number of nitrogens with zero attached hydrogens (tertiary/aromatic N) is 2. The van der Waals surface area contributed by atoms with Crippen LogP contribution in [0.3, 0.4) is 0 Å². The summed E-state index contributed by atoms with van der Waals surface area (Å²) in [6.07, 6.45) is 5.27. The van der Waals surface area contributed by atoms with Gasteiger partial charge < -0.3 is 10.2 Å². The molecule has 1 aromatic heterocycles. The van der Waals surface area contributed by atoms with Gasteiger partial charge in [0.15, 0.2) is 0 Å². The molecule has 0 saturated heterocycles. The number of pyridine rings is 1. The van der Waals surface area contributed by atoms with Gasteiger partial charge >= 0.3 is 0 Å². The molecule has 0 aromatic carbocycles. The van der Waals surface area contributed by atoms with E-state index in [2.05, 4.69) is 43.0 Å². The zero-order valence-electron chi connectivity index (χ0n) is 13.0. The number of hydrogen-bond acceptors (Lipinski definition) is 3. The van der Waals surface area contributed by atoms with Crippen LogP contribution in [0.25, 0.3) is 0 Å². The Hall–Kier alpha value is -1.16. The summed E-state index contributed by atoms with van der Waals surface area (Å²) in [5.41, 5.74) is 0.942. The molecule has 0 amide bonds. The van der Waals surface area contributed by atoms with Crippen molar-refractivity contribution in [1.82, 2.24) is 10.3 Å². The highest BCUT2D eigenvalue weighted by Crippen LogP contribution is 2.29. The number of aromatic nitrogens is 1. The minimum atomic E-state index is -0.267. The summed E-state index contributed by atoms with van der Waals surface area (Å²) in [5.74, 6) is 1.40. The van der Waals surface area contributed by atoms with Crippen LogP contribution in [-0.4, -0.2) is 24.1 Å². The Bertz CT molecular complexity index is 450. The largest absolute Gasteiger partial charge is 0.359 e. The number of rotatable bonds is 5. The van der Waals surface area contributed by atoms with Crippen molar-refractivity contribution in [1.29, 1.82) is 0 Å². The molecule has 1 fully saturated rings. The molecule has 1 N–H and O–H groups in total. The molecule has 2 rings (SSSR count). The second kappa shape index (κ2) is 6.08. The second-order valence-electron chi connectivity index (χ2n) is 6.92. The minimum absolute atomic E-state index is 0.0101. The lowest BCUT2D eigenvalue weighted by Crippen LogP contribution is -2.36. The summed E-state index contributed by atoms with van der Waals surface area (Å²) < 4.78 is 13.5. The summed E-state index contributed by atoms with van der Waals surface area (Å²) in [7, 11) is 2.05. The average molecular weight is 279 g/mol. The molecule has 0 atom stereocenters. The van der Waals surface area contributed by atoms with Crippen LogP contribution < -0.4 is 10.2 Å². The van der Waals surface area contributed by atoms with Crippen molar-refractivity contribution in [3.05, 3.63) is 23.6 Å². The monoisotopic (exact) mass is 279 g/mol. The molecule has 0 radical (unpaired) electrons. The van der Waals surface area contributed by atoms with Crippen molar-refractivity contribution in [3.63, 3.8) is 0 Å². The van der Waals surface area contributed by atoms with E-state index in [4.69, 9.17) is 0 Å². The van der Waals surface area contributed by atoms with E-state index >= 15 is 0 Å². The van der Waals surface area contributed by atoms with Gasteiger partial charge in [-0.1, -0.05) is 6.42 Å². The summed E-state index contributed by atoms with van der Waals surface area (Å²) in [6.45, 7) is 7.98. The first-order valence-electron chi connectivity index (χ1n) is 7.46. The first-order valence-corrected chi connectivity index (χ1v) is 7.46. The SMILES string of the molecule is CN(CC1CCC1)c1ncc(F)cc1CNC(C)(C)C. The zero-order chi connectivity index (χ0) is 14.8. The Morgan fingerprint density at radius 2 is 2.10 bits per heavy atom. The summed E-state index contributed by atoms with van der Waals surface area (Å²) in [4.78, 5) is 6.47. The van der Waals surface area contributed by atoms with Crippen molar-refractivity contribution in [2.24, 2.45) is 5.92 Å². The highest BCUT2D eigenvalue weighted by Gasteiger charge is 2.21. The van der Waals surface area contributed by atoms with Crippen LogP contribution >= 0.6 is 0 Å². The molecule has 1 saturated carbocycles. The Morgan fingerprint density at radius 3 is 2.65 bits per heavy atom. The van der Waals surface area contributed by atoms with E-state index in [1.165, 1.54) is 25.5 Å². The Kier molecular flexibility index (Phi) is 4.63. The third kappa shape index (κ3) is 4.17. The van der Waals surface area contributed by atoms with Crippen molar-refractivity contribution >= 4 is 5.82 Å². The molecule has 1 heterocycles. The second-order valence-corrected chi connectivity index (χ2v) is 6.92. The fraction of sp³-hybridized carbons (Fsp3) is 0.688. The molecule has 4 heteroatoms. The molecule has 0 unspecified atom stereocenters. The molecule has 1 aliphatic rings. The molecule has 1 aromatic rings. The van der Waals surface area contributed by atoms with Crippen molar-refractivity contribution in [2.45, 2.75) is 52.1 Å². The first kappa shape index (κ1) is 15.2. The average Bonchev–Trinajstić information content (AvgIpc) is 2.30. The molecular formula is C16H26FN3. The fourth-order valence-electron chi connectivity index (χ4n) is 2.46. The van der Waals surface area contributed by atoms with Crippen LogP contribution in [0, 0.1) is 11.7 Å². The van der Waals surface area contributed by atoms with Crippen LogP contribution in [0.4, 0.5) is 10.2 Å². The van der Waals surface area contributed by atoms with Crippen LogP contribution in [0.15, 0.2) is 12.3 Å². The smallest absolute Gasteiger partial charge is 0.141 e. The Balaban J connectivity index is 2.09. The first-order chi connectivity index (χ1) is 9.35. The van der Waals surface area contributed by atoms with E-state index in [-0.39, 0.29) is 11.4 Å². The van der Waals surface area contributed by atoms with Gasteiger partial charge in [0.1, 0.15) is 11.6 Å². The van der Waals surface area contributed by atoms with E-state index in [1.54, 1.807) is 6.07 Å². The topological polar surface area (TPSA) is 28.2 Å². The van der Waals surface area contributed by atoms with Crippen LogP contribution in [0.2, 0.25) is 0 Å². The molecule has 112 valence electrons. The predicted molar refractivity (Wildman–Crippen MR) is 81.4 cm³/mol. The standard InChI is InChI=1S/C16H26FN3/c1-16(2,3)19-9-13-8-14(17)10-18-15(13)20(4)11-12-6-5-7-12/h8,10,12,19H,5-7,9,11H2,1-4H3. The number of anilines is 1. The molecular weight excluding hydrogens is 253 g/mol. The molecule has 0 bridgehead atoms. The van der Waals surface area contributed by atoms with Gasteiger partial charge in [-0.15, -0.1) is 0 Å². The van der Waals surface area contributed by atoms with Gasteiger partial charge in [-0.2, -0.15) is 0 Å². The zero-order valence-corrected chi connectivity index (χ0v) is 13.0. The maximum absolute atomic E-state index is 13.5. The van der Waals surface area contributed by atoms with Gasteiger partial charge in [-0.3, -0.25) is 0 Å². The summed E-state index contributed by atoms with van der Waals surface area (Å²) in [5, 5.41) is 3.41. The van der Waals surface area contributed by atoms with Crippen molar-refractivity contribution in [3.8, 4) is 0 Å². The van der Waals surface area contributed by atoms with E-state index in [9.17, 15) is 4.39 Å². The predicted octanol–water partition coefficient (Wildman–Crippen LogP) is 3.35. The fourth-order valence-corrected chi connectivity index (χ4v) is 2.46.